The number of methoxy groups -OCH3 is 4. The molecule has 0 aliphatic rings. The quantitative estimate of drug-likeness (QED) is 0.191. The molecule has 0 spiro atoms. The molecular formula is C28H31ClN2O7S. The zero-order chi connectivity index (χ0) is 28.0. The van der Waals surface area contributed by atoms with Crippen molar-refractivity contribution < 1.29 is 31.9 Å². The van der Waals surface area contributed by atoms with Crippen LogP contribution in [0.25, 0.3) is 11.0 Å². The number of alkyl halides is 1. The number of nitrogens with zero attached hydrogens (tertiary/aromatic N) is 2. The number of hydrogen-bond acceptors (Lipinski definition) is 8. The molecule has 0 aliphatic carbocycles. The van der Waals surface area contributed by atoms with E-state index in [2.05, 4.69) is 5.16 Å². The van der Waals surface area contributed by atoms with Gasteiger partial charge in [-0.15, -0.1) is 11.6 Å². The first-order valence-electron chi connectivity index (χ1n) is 12.2. The number of rotatable bonds is 13. The Morgan fingerprint density at radius 3 is 1.92 bits per heavy atom. The Balaban J connectivity index is 1.83. The van der Waals surface area contributed by atoms with Gasteiger partial charge < -0.3 is 23.5 Å². The van der Waals surface area contributed by atoms with Crippen molar-refractivity contribution in [1.29, 1.82) is 0 Å². The van der Waals surface area contributed by atoms with Crippen LogP contribution in [0.5, 0.6) is 23.0 Å². The molecule has 0 amide bonds. The smallest absolute Gasteiger partial charge is 0.223 e. The average Bonchev–Trinajstić information content (AvgIpc) is 3.39. The van der Waals surface area contributed by atoms with Gasteiger partial charge in [0.05, 0.1) is 28.4 Å². The zero-order valence-corrected chi connectivity index (χ0v) is 23.8. The van der Waals surface area contributed by atoms with E-state index < -0.39 is 15.3 Å². The summed E-state index contributed by atoms with van der Waals surface area (Å²) in [4.78, 5) is 0. The van der Waals surface area contributed by atoms with Crippen LogP contribution in [-0.2, 0) is 23.1 Å². The third kappa shape index (κ3) is 6.08. The van der Waals surface area contributed by atoms with E-state index in [0.29, 0.717) is 50.8 Å². The highest BCUT2D eigenvalue weighted by atomic mass is 35.5. The third-order valence-corrected chi connectivity index (χ3v) is 8.86. The maximum atomic E-state index is 14.5. The van der Waals surface area contributed by atoms with Gasteiger partial charge in [-0.3, -0.25) is 0 Å². The SMILES string of the molecule is COc1ccc(CN(Cc2ccc(OC)cc2OC)S(=O)(=O)C(CCCl)c2noc3ccccc23)c(OC)c1. The number of benzene rings is 3. The Labute approximate surface area is 233 Å². The molecule has 39 heavy (non-hydrogen) atoms. The van der Waals surface area contributed by atoms with Crippen LogP contribution in [-0.4, -0.2) is 52.2 Å². The lowest BCUT2D eigenvalue weighted by molar-refractivity contribution is 0.354. The highest BCUT2D eigenvalue weighted by Gasteiger charge is 2.37. The fourth-order valence-corrected chi connectivity index (χ4v) is 6.64. The lowest BCUT2D eigenvalue weighted by atomic mass is 10.1. The maximum absolute atomic E-state index is 14.5. The number of aromatic nitrogens is 1. The van der Waals surface area contributed by atoms with Crippen molar-refractivity contribution in [1.82, 2.24) is 9.46 Å². The average molecular weight is 575 g/mol. The predicted molar refractivity (Wildman–Crippen MR) is 149 cm³/mol. The predicted octanol–water partition coefficient (Wildman–Crippen LogP) is 5.56. The molecule has 4 rings (SSSR count). The van der Waals surface area contributed by atoms with Gasteiger partial charge in [0.2, 0.25) is 10.0 Å². The zero-order valence-electron chi connectivity index (χ0n) is 22.2. The van der Waals surface area contributed by atoms with Gasteiger partial charge in [0, 0.05) is 47.6 Å². The molecule has 1 unspecified atom stereocenters. The molecule has 0 saturated carbocycles. The molecule has 0 saturated heterocycles. The minimum atomic E-state index is -4.06. The fraction of sp³-hybridized carbons (Fsp3) is 0.321. The first-order valence-corrected chi connectivity index (χ1v) is 14.2. The Kier molecular flexibility index (Phi) is 9.21. The van der Waals surface area contributed by atoms with E-state index >= 15 is 0 Å². The van der Waals surface area contributed by atoms with Crippen molar-refractivity contribution in [2.24, 2.45) is 0 Å². The molecule has 208 valence electrons. The second-order valence-corrected chi connectivity index (χ2v) is 11.2. The molecule has 11 heteroatoms. The second-order valence-electron chi connectivity index (χ2n) is 8.70. The second kappa shape index (κ2) is 12.6. The summed E-state index contributed by atoms with van der Waals surface area (Å²) in [6.07, 6.45) is 0.135. The lowest BCUT2D eigenvalue weighted by Gasteiger charge is -2.28. The van der Waals surface area contributed by atoms with Gasteiger partial charge in [-0.2, -0.15) is 4.31 Å². The minimum Gasteiger partial charge on any atom is -0.497 e. The molecule has 9 nitrogen and oxygen atoms in total. The summed E-state index contributed by atoms with van der Waals surface area (Å²) in [7, 11) is 2.11. The molecule has 0 aliphatic heterocycles. The summed E-state index contributed by atoms with van der Waals surface area (Å²) in [5.74, 6) is 2.29. The molecule has 0 fully saturated rings. The maximum Gasteiger partial charge on any atom is 0.223 e. The molecule has 4 aromatic rings. The number of halogens is 1. The van der Waals surface area contributed by atoms with Crippen molar-refractivity contribution in [2.45, 2.75) is 24.8 Å². The van der Waals surface area contributed by atoms with E-state index in [4.69, 9.17) is 35.1 Å². The molecule has 1 atom stereocenters. The molecule has 0 bridgehead atoms. The van der Waals surface area contributed by atoms with Crippen molar-refractivity contribution >= 4 is 32.6 Å². The summed E-state index contributed by atoms with van der Waals surface area (Å²) < 4.78 is 57.6. The first-order chi connectivity index (χ1) is 18.9. The summed E-state index contributed by atoms with van der Waals surface area (Å²) in [6.45, 7) is 0.0263. The molecule has 3 aromatic carbocycles. The summed E-state index contributed by atoms with van der Waals surface area (Å²) in [5.41, 5.74) is 2.13. The summed E-state index contributed by atoms with van der Waals surface area (Å²) in [6, 6.07) is 17.7. The topological polar surface area (TPSA) is 100 Å². The Hall–Kier alpha value is -3.47. The number of sulfonamides is 1. The van der Waals surface area contributed by atoms with Crippen LogP contribution in [0.3, 0.4) is 0 Å². The van der Waals surface area contributed by atoms with Gasteiger partial charge in [-0.1, -0.05) is 29.4 Å². The summed E-state index contributed by atoms with van der Waals surface area (Å²) >= 11 is 6.15. The van der Waals surface area contributed by atoms with Gasteiger partial charge in [0.1, 0.15) is 33.9 Å². The molecular weight excluding hydrogens is 544 g/mol. The summed E-state index contributed by atoms with van der Waals surface area (Å²) in [5, 5.41) is 3.74. The Morgan fingerprint density at radius 1 is 0.846 bits per heavy atom. The van der Waals surface area contributed by atoms with Crippen molar-refractivity contribution in [3.63, 3.8) is 0 Å². The molecule has 1 heterocycles. The normalized spacial score (nSPS) is 12.5. The van der Waals surface area contributed by atoms with E-state index in [1.54, 1.807) is 68.8 Å². The lowest BCUT2D eigenvalue weighted by Crippen LogP contribution is -2.35. The van der Waals surface area contributed by atoms with Gasteiger partial charge in [0.25, 0.3) is 0 Å². The third-order valence-electron chi connectivity index (χ3n) is 6.48. The van der Waals surface area contributed by atoms with Crippen molar-refractivity contribution in [3.05, 3.63) is 77.5 Å². The fourth-order valence-electron chi connectivity index (χ4n) is 4.42. The molecule has 0 radical (unpaired) electrons. The van der Waals surface area contributed by atoms with Crippen LogP contribution in [0.1, 0.15) is 28.5 Å². The minimum absolute atomic E-state index is 0.0131. The van der Waals surface area contributed by atoms with Crippen LogP contribution in [0, 0.1) is 0 Å². The van der Waals surface area contributed by atoms with Crippen LogP contribution in [0.2, 0.25) is 0 Å². The van der Waals surface area contributed by atoms with Crippen LogP contribution in [0.15, 0.2) is 65.2 Å². The van der Waals surface area contributed by atoms with Gasteiger partial charge in [-0.25, -0.2) is 8.42 Å². The Bertz CT molecular complexity index is 1470. The van der Waals surface area contributed by atoms with Gasteiger partial charge in [-0.05, 0) is 30.7 Å². The largest absolute Gasteiger partial charge is 0.497 e. The monoisotopic (exact) mass is 574 g/mol. The molecule has 0 N–H and O–H groups in total. The van der Waals surface area contributed by atoms with Gasteiger partial charge in [0.15, 0.2) is 5.58 Å². The number of para-hydroxylation sites is 1. The first kappa shape index (κ1) is 28.5. The number of ether oxygens (including phenoxy) is 4. The Morgan fingerprint density at radius 2 is 1.41 bits per heavy atom. The van der Waals surface area contributed by atoms with Crippen molar-refractivity contribution in [2.75, 3.05) is 34.3 Å². The van der Waals surface area contributed by atoms with Gasteiger partial charge >= 0.3 is 0 Å². The van der Waals surface area contributed by atoms with Crippen LogP contribution < -0.4 is 18.9 Å². The van der Waals surface area contributed by atoms with E-state index in [-0.39, 0.29) is 25.4 Å². The standard InChI is InChI=1S/C28H31ClN2O7S/c1-34-21-11-9-19(25(15-21)36-3)17-31(18-20-10-12-22(35-2)16-26(20)37-4)39(32,33)27(13-14-29)28-23-7-5-6-8-24(23)38-30-28/h5-12,15-16,27H,13-14,17-18H2,1-4H3. The highest BCUT2D eigenvalue weighted by molar-refractivity contribution is 7.89. The van der Waals surface area contributed by atoms with E-state index in [1.165, 1.54) is 18.5 Å². The van der Waals surface area contributed by atoms with Crippen LogP contribution in [0.4, 0.5) is 0 Å². The molecule has 1 aromatic heterocycles. The highest BCUT2D eigenvalue weighted by Crippen LogP contribution is 2.37. The van der Waals surface area contributed by atoms with Crippen molar-refractivity contribution in [3.8, 4) is 23.0 Å². The van der Waals surface area contributed by atoms with E-state index in [0.717, 1.165) is 0 Å². The van der Waals surface area contributed by atoms with E-state index in [9.17, 15) is 8.42 Å². The van der Waals surface area contributed by atoms with E-state index in [1.807, 2.05) is 6.07 Å². The number of fused-ring (bicyclic) bond motifs is 1. The van der Waals surface area contributed by atoms with Crippen LogP contribution >= 0.6 is 11.6 Å². The number of hydrogen-bond donors (Lipinski definition) is 0.